The highest BCUT2D eigenvalue weighted by Crippen LogP contribution is 2.21. The van der Waals surface area contributed by atoms with Crippen LogP contribution in [0.1, 0.15) is 12.7 Å². The zero-order valence-electron chi connectivity index (χ0n) is 17.5. The number of ether oxygens (including phenoxy) is 1. The third kappa shape index (κ3) is 5.37. The van der Waals surface area contributed by atoms with Gasteiger partial charge in [-0.2, -0.15) is 15.0 Å². The molecule has 162 valence electrons. The van der Waals surface area contributed by atoms with Crippen LogP contribution in [0.5, 0.6) is 5.75 Å². The molecule has 3 aromatic rings. The molecule has 9 heteroatoms. The van der Waals surface area contributed by atoms with E-state index in [0.717, 1.165) is 37.6 Å². The lowest BCUT2D eigenvalue weighted by Crippen LogP contribution is -2.46. The van der Waals surface area contributed by atoms with Gasteiger partial charge < -0.3 is 20.7 Å². The van der Waals surface area contributed by atoms with Gasteiger partial charge in [-0.1, -0.05) is 12.1 Å². The van der Waals surface area contributed by atoms with Crippen molar-refractivity contribution < 1.29 is 9.13 Å². The van der Waals surface area contributed by atoms with E-state index in [2.05, 4.69) is 30.1 Å². The minimum atomic E-state index is -0.189. The summed E-state index contributed by atoms with van der Waals surface area (Å²) in [6.45, 7) is 6.15. The largest absolute Gasteiger partial charge is 0.494 e. The normalized spacial score (nSPS) is 14.5. The first-order chi connectivity index (χ1) is 15.1. The predicted molar refractivity (Wildman–Crippen MR) is 119 cm³/mol. The Morgan fingerprint density at radius 2 is 1.74 bits per heavy atom. The van der Waals surface area contributed by atoms with E-state index in [1.54, 1.807) is 6.07 Å². The van der Waals surface area contributed by atoms with Gasteiger partial charge in [-0.3, -0.25) is 4.90 Å². The first-order valence-electron chi connectivity index (χ1n) is 10.3. The number of para-hydroxylation sites is 1. The van der Waals surface area contributed by atoms with E-state index in [1.165, 1.54) is 6.07 Å². The summed E-state index contributed by atoms with van der Waals surface area (Å²) >= 11 is 0. The minimum absolute atomic E-state index is 0.170. The SMILES string of the molecule is CCOc1ccc(Nc2nc(N)nc(CN3CCN(c4ccccc4F)CC3)n2)cc1. The maximum absolute atomic E-state index is 14.0. The Balaban J connectivity index is 1.37. The van der Waals surface area contributed by atoms with Gasteiger partial charge in [-0.25, -0.2) is 4.39 Å². The van der Waals surface area contributed by atoms with Gasteiger partial charge in [0.25, 0.3) is 0 Å². The van der Waals surface area contributed by atoms with Crippen LogP contribution in [0.3, 0.4) is 0 Å². The third-order valence-electron chi connectivity index (χ3n) is 5.05. The van der Waals surface area contributed by atoms with Gasteiger partial charge in [-0.15, -0.1) is 0 Å². The summed E-state index contributed by atoms with van der Waals surface area (Å²) in [4.78, 5) is 17.3. The van der Waals surface area contributed by atoms with Gasteiger partial charge in [0.15, 0.2) is 0 Å². The molecule has 4 rings (SSSR count). The lowest BCUT2D eigenvalue weighted by molar-refractivity contribution is 0.243. The zero-order valence-corrected chi connectivity index (χ0v) is 17.5. The second-order valence-corrected chi connectivity index (χ2v) is 7.23. The van der Waals surface area contributed by atoms with Crippen molar-refractivity contribution in [3.05, 3.63) is 60.2 Å². The van der Waals surface area contributed by atoms with Gasteiger partial charge in [0.1, 0.15) is 17.4 Å². The summed E-state index contributed by atoms with van der Waals surface area (Å²) in [7, 11) is 0. The second kappa shape index (κ2) is 9.57. The van der Waals surface area contributed by atoms with Crippen molar-refractivity contribution in [3.8, 4) is 5.75 Å². The molecule has 1 aliphatic rings. The van der Waals surface area contributed by atoms with E-state index in [-0.39, 0.29) is 11.8 Å². The fourth-order valence-corrected chi connectivity index (χ4v) is 3.55. The maximum Gasteiger partial charge on any atom is 0.232 e. The van der Waals surface area contributed by atoms with E-state index in [9.17, 15) is 4.39 Å². The molecule has 0 spiro atoms. The van der Waals surface area contributed by atoms with Crippen molar-refractivity contribution >= 4 is 23.3 Å². The Labute approximate surface area is 180 Å². The first kappa shape index (κ1) is 20.8. The quantitative estimate of drug-likeness (QED) is 0.599. The molecule has 1 saturated heterocycles. The van der Waals surface area contributed by atoms with Crippen LogP contribution in [-0.2, 0) is 6.54 Å². The number of benzene rings is 2. The molecule has 1 aliphatic heterocycles. The van der Waals surface area contributed by atoms with Crippen molar-refractivity contribution in [2.24, 2.45) is 0 Å². The highest BCUT2D eigenvalue weighted by atomic mass is 19.1. The van der Waals surface area contributed by atoms with E-state index in [4.69, 9.17) is 10.5 Å². The molecule has 8 nitrogen and oxygen atoms in total. The monoisotopic (exact) mass is 423 g/mol. The molecule has 0 aliphatic carbocycles. The standard InChI is InChI=1S/C22H26FN7O/c1-2-31-17-9-7-16(8-10-17)25-22-27-20(26-21(24)28-22)15-29-11-13-30(14-12-29)19-6-4-3-5-18(19)23/h3-10H,2,11-15H2,1H3,(H3,24,25,26,27,28). The summed E-state index contributed by atoms with van der Waals surface area (Å²) in [5, 5.41) is 3.16. The molecule has 0 unspecified atom stereocenters. The van der Waals surface area contributed by atoms with Crippen molar-refractivity contribution in [1.82, 2.24) is 19.9 Å². The number of rotatable bonds is 7. The molecule has 1 aromatic heterocycles. The number of nitrogens with two attached hydrogens (primary N) is 1. The van der Waals surface area contributed by atoms with Crippen LogP contribution >= 0.6 is 0 Å². The van der Waals surface area contributed by atoms with Gasteiger partial charge in [0.05, 0.1) is 18.8 Å². The number of halogens is 1. The van der Waals surface area contributed by atoms with Gasteiger partial charge in [-0.05, 0) is 43.3 Å². The Morgan fingerprint density at radius 3 is 2.45 bits per heavy atom. The molecule has 0 atom stereocenters. The van der Waals surface area contributed by atoms with Gasteiger partial charge in [0, 0.05) is 31.9 Å². The summed E-state index contributed by atoms with van der Waals surface area (Å²) in [6, 6.07) is 14.4. The van der Waals surface area contributed by atoms with Crippen LogP contribution in [-0.4, -0.2) is 52.6 Å². The first-order valence-corrected chi connectivity index (χ1v) is 10.3. The molecule has 0 amide bonds. The smallest absolute Gasteiger partial charge is 0.232 e. The Kier molecular flexibility index (Phi) is 6.42. The lowest BCUT2D eigenvalue weighted by Gasteiger charge is -2.35. The Bertz CT molecular complexity index is 1010. The van der Waals surface area contributed by atoms with Crippen molar-refractivity contribution in [1.29, 1.82) is 0 Å². The number of nitrogens with one attached hydrogen (secondary N) is 1. The van der Waals surface area contributed by atoms with E-state index < -0.39 is 0 Å². The Morgan fingerprint density at radius 1 is 1.00 bits per heavy atom. The molecule has 3 N–H and O–H groups in total. The summed E-state index contributed by atoms with van der Waals surface area (Å²) < 4.78 is 19.5. The average molecular weight is 423 g/mol. The zero-order chi connectivity index (χ0) is 21.6. The lowest BCUT2D eigenvalue weighted by atomic mass is 10.2. The molecule has 2 heterocycles. The Hall–Kier alpha value is -3.46. The molecule has 0 saturated carbocycles. The van der Waals surface area contributed by atoms with E-state index >= 15 is 0 Å². The third-order valence-corrected chi connectivity index (χ3v) is 5.05. The minimum Gasteiger partial charge on any atom is -0.494 e. The van der Waals surface area contributed by atoms with Crippen LogP contribution in [0.4, 0.5) is 27.7 Å². The number of piperazine rings is 1. The van der Waals surface area contributed by atoms with Gasteiger partial charge >= 0.3 is 0 Å². The molecule has 31 heavy (non-hydrogen) atoms. The highest BCUT2D eigenvalue weighted by molar-refractivity contribution is 5.55. The van der Waals surface area contributed by atoms with E-state index in [0.29, 0.717) is 30.6 Å². The number of nitrogen functional groups attached to an aromatic ring is 1. The van der Waals surface area contributed by atoms with Crippen molar-refractivity contribution in [2.75, 3.05) is 48.7 Å². The average Bonchev–Trinajstić information content (AvgIpc) is 2.76. The number of nitrogens with zero attached hydrogens (tertiary/aromatic N) is 5. The van der Waals surface area contributed by atoms with Crippen LogP contribution in [0, 0.1) is 5.82 Å². The van der Waals surface area contributed by atoms with Crippen LogP contribution in [0.2, 0.25) is 0 Å². The van der Waals surface area contributed by atoms with E-state index in [1.807, 2.05) is 43.3 Å². The summed E-state index contributed by atoms with van der Waals surface area (Å²) in [5.74, 6) is 1.78. The fourth-order valence-electron chi connectivity index (χ4n) is 3.55. The number of hydrogen-bond donors (Lipinski definition) is 2. The van der Waals surface area contributed by atoms with Crippen molar-refractivity contribution in [2.45, 2.75) is 13.5 Å². The molecule has 1 fully saturated rings. The van der Waals surface area contributed by atoms with Crippen LogP contribution in [0.15, 0.2) is 48.5 Å². The molecule has 0 radical (unpaired) electrons. The van der Waals surface area contributed by atoms with Gasteiger partial charge in [0.2, 0.25) is 11.9 Å². The maximum atomic E-state index is 14.0. The van der Waals surface area contributed by atoms with Crippen LogP contribution < -0.4 is 20.7 Å². The molecular formula is C22H26FN7O. The molecule has 2 aromatic carbocycles. The summed E-state index contributed by atoms with van der Waals surface area (Å²) in [6.07, 6.45) is 0. The summed E-state index contributed by atoms with van der Waals surface area (Å²) in [5.41, 5.74) is 7.38. The number of hydrogen-bond acceptors (Lipinski definition) is 8. The van der Waals surface area contributed by atoms with Crippen molar-refractivity contribution in [3.63, 3.8) is 0 Å². The van der Waals surface area contributed by atoms with Crippen LogP contribution in [0.25, 0.3) is 0 Å². The number of anilines is 4. The molecular weight excluding hydrogens is 397 g/mol. The fraction of sp³-hybridized carbons (Fsp3) is 0.318. The molecule has 0 bridgehead atoms. The second-order valence-electron chi connectivity index (χ2n) is 7.23. The number of aromatic nitrogens is 3. The topological polar surface area (TPSA) is 92.4 Å². The predicted octanol–water partition coefficient (Wildman–Crippen LogP) is 3.06. The highest BCUT2D eigenvalue weighted by Gasteiger charge is 2.20.